The maximum absolute atomic E-state index is 12.6. The maximum Gasteiger partial charge on any atom is 0.416 e. The fourth-order valence-corrected chi connectivity index (χ4v) is 1.78. The Bertz CT molecular complexity index is 484. The van der Waals surface area contributed by atoms with Crippen molar-refractivity contribution in [3.63, 3.8) is 0 Å². The van der Waals surface area contributed by atoms with Crippen LogP contribution in [-0.4, -0.2) is 18.0 Å². The predicted octanol–water partition coefficient (Wildman–Crippen LogP) is 2.46. The summed E-state index contributed by atoms with van der Waals surface area (Å²) < 4.78 is 37.7. The number of carbonyl (C=O) groups excluding carboxylic acids is 1. The number of benzene rings is 1. The summed E-state index contributed by atoms with van der Waals surface area (Å²) in [5.74, 6) is -0.112. The molecule has 1 aromatic rings. The summed E-state index contributed by atoms with van der Waals surface area (Å²) in [5, 5.41) is 5.78. The minimum atomic E-state index is -4.34. The highest BCUT2D eigenvalue weighted by atomic mass is 19.4. The lowest BCUT2D eigenvalue weighted by Crippen LogP contribution is -2.42. The average Bonchev–Trinajstić information content (AvgIpc) is 3.19. The molecule has 1 fully saturated rings. The van der Waals surface area contributed by atoms with Gasteiger partial charge in [0.05, 0.1) is 11.6 Å². The van der Waals surface area contributed by atoms with Crippen LogP contribution in [0.15, 0.2) is 24.3 Å². The van der Waals surface area contributed by atoms with Crippen LogP contribution in [0.4, 0.5) is 13.2 Å². The van der Waals surface area contributed by atoms with E-state index in [1.807, 2.05) is 0 Å². The van der Waals surface area contributed by atoms with Gasteiger partial charge in [-0.3, -0.25) is 4.79 Å². The van der Waals surface area contributed by atoms with Crippen LogP contribution >= 0.6 is 0 Å². The van der Waals surface area contributed by atoms with E-state index in [0.717, 1.165) is 25.0 Å². The lowest BCUT2D eigenvalue weighted by Gasteiger charge is -2.14. The van der Waals surface area contributed by atoms with E-state index in [1.165, 1.54) is 6.07 Å². The second-order valence-electron chi connectivity index (χ2n) is 5.08. The van der Waals surface area contributed by atoms with E-state index in [9.17, 15) is 18.0 Å². The molecule has 110 valence electrons. The lowest BCUT2D eigenvalue weighted by molar-refractivity contribution is -0.137. The Balaban J connectivity index is 1.88. The summed E-state index contributed by atoms with van der Waals surface area (Å²) in [6.07, 6.45) is -2.33. The summed E-state index contributed by atoms with van der Waals surface area (Å²) in [6, 6.07) is 4.96. The van der Waals surface area contributed by atoms with Gasteiger partial charge in [-0.15, -0.1) is 0 Å². The number of hydrogen-bond acceptors (Lipinski definition) is 2. The molecule has 2 rings (SSSR count). The molecule has 0 aliphatic heterocycles. The summed E-state index contributed by atoms with van der Waals surface area (Å²) in [6.45, 7) is 1.93. The number of alkyl halides is 3. The largest absolute Gasteiger partial charge is 0.416 e. The van der Waals surface area contributed by atoms with Crippen LogP contribution in [0, 0.1) is 0 Å². The normalized spacial score (nSPS) is 16.8. The van der Waals surface area contributed by atoms with Crippen LogP contribution in [0.2, 0.25) is 0 Å². The Morgan fingerprint density at radius 2 is 2.10 bits per heavy atom. The molecule has 3 nitrogen and oxygen atoms in total. The highest BCUT2D eigenvalue weighted by Crippen LogP contribution is 2.29. The van der Waals surface area contributed by atoms with Crippen LogP contribution in [-0.2, 0) is 17.5 Å². The topological polar surface area (TPSA) is 41.1 Å². The molecular formula is C14H17F3N2O. The van der Waals surface area contributed by atoms with Gasteiger partial charge in [-0.1, -0.05) is 18.2 Å². The van der Waals surface area contributed by atoms with Crippen LogP contribution in [0.1, 0.15) is 30.9 Å². The first-order valence-corrected chi connectivity index (χ1v) is 6.56. The van der Waals surface area contributed by atoms with Gasteiger partial charge in [0.1, 0.15) is 0 Å². The summed E-state index contributed by atoms with van der Waals surface area (Å²) in [4.78, 5) is 11.7. The number of halogens is 3. The third kappa shape index (κ3) is 4.23. The molecule has 0 heterocycles. The molecule has 1 aliphatic rings. The van der Waals surface area contributed by atoms with Crippen molar-refractivity contribution in [1.29, 1.82) is 0 Å². The molecule has 2 N–H and O–H groups in total. The van der Waals surface area contributed by atoms with E-state index in [2.05, 4.69) is 10.6 Å². The minimum Gasteiger partial charge on any atom is -0.352 e. The highest BCUT2D eigenvalue weighted by Gasteiger charge is 2.30. The Morgan fingerprint density at radius 1 is 1.40 bits per heavy atom. The maximum atomic E-state index is 12.6. The third-order valence-electron chi connectivity index (χ3n) is 3.18. The molecule has 1 aromatic carbocycles. The number of nitrogens with one attached hydrogen (secondary N) is 2. The summed E-state index contributed by atoms with van der Waals surface area (Å²) >= 11 is 0. The molecule has 1 atom stereocenters. The molecule has 6 heteroatoms. The van der Waals surface area contributed by atoms with Gasteiger partial charge in [-0.05, 0) is 31.4 Å². The molecule has 1 saturated carbocycles. The van der Waals surface area contributed by atoms with E-state index in [1.54, 1.807) is 13.0 Å². The summed E-state index contributed by atoms with van der Waals surface area (Å²) in [5.41, 5.74) is -0.169. The van der Waals surface area contributed by atoms with Crippen LogP contribution in [0.25, 0.3) is 0 Å². The second-order valence-corrected chi connectivity index (χ2v) is 5.08. The second kappa shape index (κ2) is 5.83. The van der Waals surface area contributed by atoms with Crippen LogP contribution in [0.3, 0.4) is 0 Å². The van der Waals surface area contributed by atoms with Gasteiger partial charge in [0, 0.05) is 12.6 Å². The van der Waals surface area contributed by atoms with E-state index >= 15 is 0 Å². The van der Waals surface area contributed by atoms with Gasteiger partial charge in [-0.25, -0.2) is 0 Å². The minimum absolute atomic E-state index is 0.112. The van der Waals surface area contributed by atoms with Gasteiger partial charge < -0.3 is 10.6 Å². The first kappa shape index (κ1) is 14.8. The van der Waals surface area contributed by atoms with E-state index in [0.29, 0.717) is 5.56 Å². The molecule has 1 aliphatic carbocycles. The van der Waals surface area contributed by atoms with Crippen LogP contribution < -0.4 is 10.6 Å². The fourth-order valence-electron chi connectivity index (χ4n) is 1.78. The molecular weight excluding hydrogens is 269 g/mol. The smallest absolute Gasteiger partial charge is 0.352 e. The molecule has 0 aromatic heterocycles. The quantitative estimate of drug-likeness (QED) is 0.873. The SMILES string of the molecule is CC(NCc1cccc(C(F)(F)F)c1)C(=O)NC1CC1. The molecule has 0 spiro atoms. The molecule has 1 unspecified atom stereocenters. The number of hydrogen-bond donors (Lipinski definition) is 2. The number of rotatable bonds is 5. The van der Waals surface area contributed by atoms with Gasteiger partial charge in [0.15, 0.2) is 0 Å². The number of carbonyl (C=O) groups is 1. The lowest BCUT2D eigenvalue weighted by atomic mass is 10.1. The Labute approximate surface area is 115 Å². The zero-order chi connectivity index (χ0) is 14.8. The average molecular weight is 286 g/mol. The van der Waals surface area contributed by atoms with Crippen molar-refractivity contribution in [2.24, 2.45) is 0 Å². The van der Waals surface area contributed by atoms with Crippen molar-refractivity contribution in [2.75, 3.05) is 0 Å². The van der Waals surface area contributed by atoms with Gasteiger partial charge in [-0.2, -0.15) is 13.2 Å². The van der Waals surface area contributed by atoms with Gasteiger partial charge in [0.25, 0.3) is 0 Å². The Hall–Kier alpha value is -1.56. The van der Waals surface area contributed by atoms with Crippen molar-refractivity contribution in [2.45, 2.75) is 44.6 Å². The zero-order valence-electron chi connectivity index (χ0n) is 11.1. The van der Waals surface area contributed by atoms with Crippen LogP contribution in [0.5, 0.6) is 0 Å². The van der Waals surface area contributed by atoms with Crippen molar-refractivity contribution < 1.29 is 18.0 Å². The van der Waals surface area contributed by atoms with Crippen molar-refractivity contribution in [1.82, 2.24) is 10.6 Å². The molecule has 0 saturated heterocycles. The Morgan fingerprint density at radius 3 is 2.70 bits per heavy atom. The first-order chi connectivity index (χ1) is 9.36. The molecule has 20 heavy (non-hydrogen) atoms. The van der Waals surface area contributed by atoms with Crippen molar-refractivity contribution >= 4 is 5.91 Å². The zero-order valence-corrected chi connectivity index (χ0v) is 11.1. The number of amides is 1. The molecule has 0 bridgehead atoms. The predicted molar refractivity (Wildman–Crippen MR) is 68.9 cm³/mol. The molecule has 0 radical (unpaired) electrons. The third-order valence-corrected chi connectivity index (χ3v) is 3.18. The van der Waals surface area contributed by atoms with Crippen molar-refractivity contribution in [3.8, 4) is 0 Å². The molecule has 1 amide bonds. The van der Waals surface area contributed by atoms with Gasteiger partial charge in [0.2, 0.25) is 5.91 Å². The first-order valence-electron chi connectivity index (χ1n) is 6.56. The Kier molecular flexibility index (Phi) is 4.32. The van der Waals surface area contributed by atoms with E-state index < -0.39 is 17.8 Å². The fraction of sp³-hybridized carbons (Fsp3) is 0.500. The highest BCUT2D eigenvalue weighted by molar-refractivity contribution is 5.81. The van der Waals surface area contributed by atoms with E-state index in [-0.39, 0.29) is 18.5 Å². The van der Waals surface area contributed by atoms with Crippen molar-refractivity contribution in [3.05, 3.63) is 35.4 Å². The van der Waals surface area contributed by atoms with Gasteiger partial charge >= 0.3 is 6.18 Å². The summed E-state index contributed by atoms with van der Waals surface area (Å²) in [7, 11) is 0. The standard InChI is InChI=1S/C14H17F3N2O/c1-9(13(20)19-12-5-6-12)18-8-10-3-2-4-11(7-10)14(15,16)17/h2-4,7,9,12,18H,5-6,8H2,1H3,(H,19,20). The van der Waals surface area contributed by atoms with E-state index in [4.69, 9.17) is 0 Å². The monoisotopic (exact) mass is 286 g/mol.